The van der Waals surface area contributed by atoms with Crippen molar-refractivity contribution < 1.29 is 4.74 Å². The average Bonchev–Trinajstić information content (AvgIpc) is 2.27. The van der Waals surface area contributed by atoms with Crippen molar-refractivity contribution in [1.82, 2.24) is 0 Å². The number of hydrogen-bond donors (Lipinski definition) is 1. The third-order valence-corrected chi connectivity index (χ3v) is 2.49. The van der Waals surface area contributed by atoms with Crippen LogP contribution in [0.5, 0.6) is 0 Å². The molecular formula is C13H21NO. The summed E-state index contributed by atoms with van der Waals surface area (Å²) in [4.78, 5) is 0. The van der Waals surface area contributed by atoms with E-state index in [4.69, 9.17) is 10.5 Å². The highest BCUT2D eigenvalue weighted by atomic mass is 16.5. The van der Waals surface area contributed by atoms with E-state index in [9.17, 15) is 0 Å². The molecule has 1 rings (SSSR count). The molecular weight excluding hydrogens is 186 g/mol. The molecule has 0 aliphatic heterocycles. The predicted molar refractivity (Wildman–Crippen MR) is 63.7 cm³/mol. The summed E-state index contributed by atoms with van der Waals surface area (Å²) in [6.45, 7) is 4.86. The van der Waals surface area contributed by atoms with Gasteiger partial charge in [-0.15, -0.1) is 0 Å². The van der Waals surface area contributed by atoms with E-state index < -0.39 is 0 Å². The van der Waals surface area contributed by atoms with E-state index in [1.165, 1.54) is 5.56 Å². The number of hydrogen-bond acceptors (Lipinski definition) is 2. The van der Waals surface area contributed by atoms with Gasteiger partial charge in [-0.2, -0.15) is 0 Å². The van der Waals surface area contributed by atoms with E-state index in [-0.39, 0.29) is 12.1 Å². The molecule has 0 saturated carbocycles. The summed E-state index contributed by atoms with van der Waals surface area (Å²) in [6, 6.07) is 10.3. The Hall–Kier alpha value is -0.860. The summed E-state index contributed by atoms with van der Waals surface area (Å²) in [6.07, 6.45) is 2.13. The van der Waals surface area contributed by atoms with Gasteiger partial charge in [-0.3, -0.25) is 0 Å². The lowest BCUT2D eigenvalue weighted by Crippen LogP contribution is -2.30. The van der Waals surface area contributed by atoms with E-state index in [1.807, 2.05) is 25.1 Å². The number of benzene rings is 1. The van der Waals surface area contributed by atoms with E-state index >= 15 is 0 Å². The molecule has 1 aromatic carbocycles. The maximum atomic E-state index is 6.12. The summed E-state index contributed by atoms with van der Waals surface area (Å²) in [7, 11) is 0. The van der Waals surface area contributed by atoms with Crippen LogP contribution in [0.4, 0.5) is 0 Å². The number of rotatable bonds is 6. The Kier molecular flexibility index (Phi) is 5.37. The molecule has 2 N–H and O–H groups in total. The zero-order valence-corrected chi connectivity index (χ0v) is 9.65. The fourth-order valence-corrected chi connectivity index (χ4v) is 1.77. The Morgan fingerprint density at radius 3 is 2.40 bits per heavy atom. The summed E-state index contributed by atoms with van der Waals surface area (Å²) in [5.74, 6) is 0. The van der Waals surface area contributed by atoms with Crippen LogP contribution in [0.1, 0.15) is 38.4 Å². The third-order valence-electron chi connectivity index (χ3n) is 2.49. The van der Waals surface area contributed by atoms with Gasteiger partial charge in [0.2, 0.25) is 0 Å². The molecule has 0 heterocycles. The lowest BCUT2D eigenvalue weighted by atomic mass is 9.99. The van der Waals surface area contributed by atoms with Gasteiger partial charge in [0.15, 0.2) is 0 Å². The summed E-state index contributed by atoms with van der Waals surface area (Å²) in [5.41, 5.74) is 7.30. The van der Waals surface area contributed by atoms with Crippen molar-refractivity contribution in [2.24, 2.45) is 5.73 Å². The van der Waals surface area contributed by atoms with Crippen molar-refractivity contribution in [2.75, 3.05) is 6.61 Å². The van der Waals surface area contributed by atoms with Crippen LogP contribution in [0, 0.1) is 0 Å². The van der Waals surface area contributed by atoms with Gasteiger partial charge < -0.3 is 10.5 Å². The topological polar surface area (TPSA) is 35.2 Å². The van der Waals surface area contributed by atoms with Crippen LogP contribution in [0.3, 0.4) is 0 Å². The number of nitrogens with two attached hydrogens (primary N) is 1. The Bertz CT molecular complexity index is 260. The molecule has 0 aromatic heterocycles. The van der Waals surface area contributed by atoms with Crippen molar-refractivity contribution in [3.05, 3.63) is 35.9 Å². The summed E-state index contributed by atoms with van der Waals surface area (Å²) in [5, 5.41) is 0. The molecule has 15 heavy (non-hydrogen) atoms. The quantitative estimate of drug-likeness (QED) is 0.778. The first-order valence-corrected chi connectivity index (χ1v) is 5.71. The second kappa shape index (κ2) is 6.59. The van der Waals surface area contributed by atoms with Gasteiger partial charge in [0.1, 0.15) is 0 Å². The van der Waals surface area contributed by atoms with E-state index in [2.05, 4.69) is 19.1 Å². The van der Waals surface area contributed by atoms with Gasteiger partial charge in [-0.25, -0.2) is 0 Å². The molecule has 2 heteroatoms. The molecule has 0 fully saturated rings. The first-order chi connectivity index (χ1) is 7.29. The molecule has 84 valence electrons. The first-order valence-electron chi connectivity index (χ1n) is 5.71. The third kappa shape index (κ3) is 3.65. The minimum Gasteiger partial charge on any atom is -0.372 e. The second-order valence-corrected chi connectivity index (χ2v) is 3.74. The summed E-state index contributed by atoms with van der Waals surface area (Å²) >= 11 is 0. The van der Waals surface area contributed by atoms with Crippen LogP contribution in [-0.4, -0.2) is 12.6 Å². The fourth-order valence-electron chi connectivity index (χ4n) is 1.77. The van der Waals surface area contributed by atoms with Crippen molar-refractivity contribution >= 4 is 0 Å². The van der Waals surface area contributed by atoms with Crippen molar-refractivity contribution in [3.63, 3.8) is 0 Å². The highest BCUT2D eigenvalue weighted by Gasteiger charge is 2.18. The van der Waals surface area contributed by atoms with Gasteiger partial charge in [0.05, 0.1) is 6.10 Å². The molecule has 2 nitrogen and oxygen atoms in total. The van der Waals surface area contributed by atoms with Gasteiger partial charge in [-0.1, -0.05) is 43.7 Å². The van der Waals surface area contributed by atoms with Crippen LogP contribution in [0.15, 0.2) is 30.3 Å². The smallest absolute Gasteiger partial charge is 0.0975 e. The molecule has 0 aliphatic rings. The Balaban J connectivity index is 2.73. The molecule has 2 atom stereocenters. The lowest BCUT2D eigenvalue weighted by molar-refractivity contribution is 0.0410. The number of ether oxygens (including phenoxy) is 1. The van der Waals surface area contributed by atoms with Crippen LogP contribution in [0.2, 0.25) is 0 Å². The van der Waals surface area contributed by atoms with Crippen LogP contribution >= 0.6 is 0 Å². The summed E-state index contributed by atoms with van der Waals surface area (Å²) < 4.78 is 5.72. The van der Waals surface area contributed by atoms with Crippen molar-refractivity contribution in [1.29, 1.82) is 0 Å². The standard InChI is InChI=1S/C13H21NO/c1-3-8-12(14)13(15-4-2)11-9-6-5-7-10-11/h5-7,9-10,12-13H,3-4,8,14H2,1-2H3/t12-,13?/m0/s1. The molecule has 0 saturated heterocycles. The molecule has 1 unspecified atom stereocenters. The second-order valence-electron chi connectivity index (χ2n) is 3.74. The molecule has 0 radical (unpaired) electrons. The highest BCUT2D eigenvalue weighted by molar-refractivity contribution is 5.19. The molecule has 0 amide bonds. The first kappa shape index (κ1) is 12.2. The lowest BCUT2D eigenvalue weighted by Gasteiger charge is -2.23. The minimum atomic E-state index is 0.0381. The maximum absolute atomic E-state index is 6.12. The minimum absolute atomic E-state index is 0.0381. The average molecular weight is 207 g/mol. The normalized spacial score (nSPS) is 14.9. The van der Waals surface area contributed by atoms with Gasteiger partial charge in [0, 0.05) is 12.6 Å². The monoisotopic (exact) mass is 207 g/mol. The highest BCUT2D eigenvalue weighted by Crippen LogP contribution is 2.22. The van der Waals surface area contributed by atoms with Crippen LogP contribution in [-0.2, 0) is 4.74 Å². The Morgan fingerprint density at radius 2 is 1.87 bits per heavy atom. The maximum Gasteiger partial charge on any atom is 0.0975 e. The zero-order chi connectivity index (χ0) is 11.1. The molecule has 0 aliphatic carbocycles. The van der Waals surface area contributed by atoms with E-state index in [0.717, 1.165) is 12.8 Å². The Morgan fingerprint density at radius 1 is 1.20 bits per heavy atom. The molecule has 1 aromatic rings. The van der Waals surface area contributed by atoms with Gasteiger partial charge in [-0.05, 0) is 18.9 Å². The predicted octanol–water partition coefficient (Wildman–Crippen LogP) is 2.89. The van der Waals surface area contributed by atoms with Crippen molar-refractivity contribution in [2.45, 2.75) is 38.8 Å². The zero-order valence-electron chi connectivity index (χ0n) is 9.65. The molecule has 0 spiro atoms. The van der Waals surface area contributed by atoms with Crippen molar-refractivity contribution in [3.8, 4) is 0 Å². The SMILES string of the molecule is CCC[C@H](N)C(OCC)c1ccccc1. The van der Waals surface area contributed by atoms with Crippen LogP contribution in [0.25, 0.3) is 0 Å². The van der Waals surface area contributed by atoms with E-state index in [1.54, 1.807) is 0 Å². The molecule has 0 bridgehead atoms. The van der Waals surface area contributed by atoms with Gasteiger partial charge >= 0.3 is 0 Å². The fraction of sp³-hybridized carbons (Fsp3) is 0.538. The largest absolute Gasteiger partial charge is 0.372 e. The van der Waals surface area contributed by atoms with Gasteiger partial charge in [0.25, 0.3) is 0 Å². The van der Waals surface area contributed by atoms with E-state index in [0.29, 0.717) is 6.61 Å². The van der Waals surface area contributed by atoms with Crippen LogP contribution < -0.4 is 5.73 Å². The Labute approximate surface area is 92.4 Å².